The zero-order valence-electron chi connectivity index (χ0n) is 10.6. The van der Waals surface area contributed by atoms with Crippen LogP contribution in [0, 0.1) is 0 Å². The largest absolute Gasteiger partial charge is 0.495 e. The van der Waals surface area contributed by atoms with Gasteiger partial charge in [-0.05, 0) is 28.1 Å². The number of methoxy groups -OCH3 is 1. The molecule has 0 heterocycles. The fourth-order valence-electron chi connectivity index (χ4n) is 1.30. The number of aliphatic hydroxyl groups excluding tert-OH is 1. The minimum atomic E-state index is -4.93. The van der Waals surface area contributed by atoms with E-state index in [2.05, 4.69) is 15.9 Å². The van der Waals surface area contributed by atoms with Crippen molar-refractivity contribution in [2.75, 3.05) is 19.4 Å². The Hall–Kier alpha value is -1.04. The van der Waals surface area contributed by atoms with E-state index in [4.69, 9.17) is 15.6 Å². The van der Waals surface area contributed by atoms with Gasteiger partial charge in [0.05, 0.1) is 7.11 Å². The molecule has 11 heteroatoms. The monoisotopic (exact) mass is 392 g/mol. The Morgan fingerprint density at radius 1 is 1.48 bits per heavy atom. The number of aliphatic hydroxyl groups is 1. The summed E-state index contributed by atoms with van der Waals surface area (Å²) in [5, 5.41) is 8.81. The van der Waals surface area contributed by atoms with Crippen LogP contribution in [0.4, 0.5) is 18.9 Å². The maximum atomic E-state index is 12.2. The molecule has 0 bridgehead atoms. The zero-order chi connectivity index (χ0) is 16.4. The molecule has 1 aromatic carbocycles. The van der Waals surface area contributed by atoms with E-state index >= 15 is 0 Å². The van der Waals surface area contributed by atoms with Crippen LogP contribution in [0.1, 0.15) is 0 Å². The van der Waals surface area contributed by atoms with Gasteiger partial charge < -0.3 is 15.6 Å². The number of sulfonamides is 1. The Morgan fingerprint density at radius 3 is 2.52 bits per heavy atom. The molecule has 1 unspecified atom stereocenters. The number of alkyl halides is 3. The number of halogens is 4. The van der Waals surface area contributed by atoms with Crippen LogP contribution in [-0.4, -0.2) is 39.5 Å². The molecule has 0 fully saturated rings. The normalized spacial score (nSPS) is 14.0. The van der Waals surface area contributed by atoms with Crippen molar-refractivity contribution in [2.45, 2.75) is 17.2 Å². The molecule has 1 aromatic rings. The van der Waals surface area contributed by atoms with E-state index < -0.39 is 33.7 Å². The first-order valence-electron chi connectivity index (χ1n) is 5.36. The minimum Gasteiger partial charge on any atom is -0.495 e. The highest BCUT2D eigenvalue weighted by atomic mass is 79.9. The average Bonchev–Trinajstić information content (AvgIpc) is 2.37. The van der Waals surface area contributed by atoms with E-state index in [1.165, 1.54) is 13.2 Å². The lowest BCUT2D eigenvalue weighted by atomic mass is 10.3. The summed E-state index contributed by atoms with van der Waals surface area (Å²) in [6.45, 7) is -1.22. The SMILES string of the molecule is COc1cc(Br)c(N)cc1S(=O)(=O)NCC(O)C(F)(F)F. The maximum Gasteiger partial charge on any atom is 0.415 e. The van der Waals surface area contributed by atoms with Gasteiger partial charge in [0.1, 0.15) is 10.6 Å². The molecule has 0 spiro atoms. The Morgan fingerprint density at radius 2 is 2.05 bits per heavy atom. The number of hydrogen-bond acceptors (Lipinski definition) is 5. The van der Waals surface area contributed by atoms with E-state index in [-0.39, 0.29) is 11.4 Å². The molecule has 0 saturated carbocycles. The van der Waals surface area contributed by atoms with Gasteiger partial charge >= 0.3 is 6.18 Å². The third-order valence-corrected chi connectivity index (χ3v) is 4.55. The minimum absolute atomic E-state index is 0.0625. The summed E-state index contributed by atoms with van der Waals surface area (Å²) in [5.74, 6) is -0.106. The van der Waals surface area contributed by atoms with Crippen molar-refractivity contribution in [3.8, 4) is 5.75 Å². The average molecular weight is 393 g/mol. The lowest BCUT2D eigenvalue weighted by Gasteiger charge is -2.16. The van der Waals surface area contributed by atoms with Crippen molar-refractivity contribution in [1.29, 1.82) is 0 Å². The Balaban J connectivity index is 3.06. The standard InChI is InChI=1S/C10H12BrF3N2O4S/c1-20-7-2-5(11)6(15)3-8(7)21(18,19)16-4-9(17)10(12,13)14/h2-3,9,16-17H,4,15H2,1H3. The Bertz CT molecular complexity index is 621. The number of ether oxygens (including phenoxy) is 1. The van der Waals surface area contributed by atoms with Crippen molar-refractivity contribution in [1.82, 2.24) is 4.72 Å². The summed E-state index contributed by atoms with van der Waals surface area (Å²) in [6, 6.07) is 2.30. The number of nitrogens with two attached hydrogens (primary N) is 1. The highest BCUT2D eigenvalue weighted by Gasteiger charge is 2.39. The molecule has 0 radical (unpaired) electrons. The van der Waals surface area contributed by atoms with Gasteiger partial charge in [-0.3, -0.25) is 0 Å². The van der Waals surface area contributed by atoms with E-state index in [9.17, 15) is 21.6 Å². The van der Waals surface area contributed by atoms with Crippen LogP contribution in [0.25, 0.3) is 0 Å². The van der Waals surface area contributed by atoms with Gasteiger partial charge in [0, 0.05) is 16.7 Å². The van der Waals surface area contributed by atoms with Crippen LogP contribution in [0.15, 0.2) is 21.5 Å². The number of benzene rings is 1. The van der Waals surface area contributed by atoms with Gasteiger partial charge in [0.2, 0.25) is 10.0 Å². The molecule has 6 nitrogen and oxygen atoms in total. The first-order valence-corrected chi connectivity index (χ1v) is 7.64. The lowest BCUT2D eigenvalue weighted by Crippen LogP contribution is -2.40. The number of anilines is 1. The predicted molar refractivity (Wildman–Crippen MR) is 72.4 cm³/mol. The van der Waals surface area contributed by atoms with Crippen LogP contribution in [-0.2, 0) is 10.0 Å². The van der Waals surface area contributed by atoms with Crippen LogP contribution < -0.4 is 15.2 Å². The number of nitrogens with one attached hydrogen (secondary N) is 1. The van der Waals surface area contributed by atoms with Crippen molar-refractivity contribution in [3.63, 3.8) is 0 Å². The molecule has 1 rings (SSSR count). The smallest absolute Gasteiger partial charge is 0.415 e. The molecular formula is C10H12BrF3N2O4S. The third kappa shape index (κ3) is 4.46. The highest BCUT2D eigenvalue weighted by molar-refractivity contribution is 9.10. The lowest BCUT2D eigenvalue weighted by molar-refractivity contribution is -0.200. The van der Waals surface area contributed by atoms with Crippen molar-refractivity contribution in [3.05, 3.63) is 16.6 Å². The first kappa shape index (κ1) is 18.0. The molecule has 120 valence electrons. The molecule has 1 atom stereocenters. The summed E-state index contributed by atoms with van der Waals surface area (Å²) in [6.07, 6.45) is -7.74. The van der Waals surface area contributed by atoms with E-state index in [1.54, 1.807) is 4.72 Å². The summed E-state index contributed by atoms with van der Waals surface area (Å²) < 4.78 is 67.3. The molecule has 4 N–H and O–H groups in total. The van der Waals surface area contributed by atoms with E-state index in [0.717, 1.165) is 6.07 Å². The van der Waals surface area contributed by atoms with E-state index in [0.29, 0.717) is 4.47 Å². The summed E-state index contributed by atoms with van der Waals surface area (Å²) in [7, 11) is -3.14. The van der Waals surface area contributed by atoms with Gasteiger partial charge in [-0.15, -0.1) is 0 Å². The fourth-order valence-corrected chi connectivity index (χ4v) is 2.85. The second-order valence-electron chi connectivity index (χ2n) is 3.93. The molecule has 0 aromatic heterocycles. The van der Waals surface area contributed by atoms with Crippen LogP contribution in [0.3, 0.4) is 0 Å². The van der Waals surface area contributed by atoms with Gasteiger partial charge in [-0.1, -0.05) is 0 Å². The van der Waals surface area contributed by atoms with Gasteiger partial charge in [0.15, 0.2) is 6.10 Å². The quantitative estimate of drug-likeness (QED) is 0.654. The molecule has 0 aliphatic rings. The summed E-state index contributed by atoms with van der Waals surface area (Å²) in [5.41, 5.74) is 5.60. The predicted octanol–water partition coefficient (Wildman–Crippen LogP) is 1.24. The fraction of sp³-hybridized carbons (Fsp3) is 0.400. The van der Waals surface area contributed by atoms with Crippen molar-refractivity contribution in [2.24, 2.45) is 0 Å². The second kappa shape index (κ2) is 6.38. The summed E-state index contributed by atoms with van der Waals surface area (Å²) in [4.78, 5) is -0.430. The van der Waals surface area contributed by atoms with Crippen molar-refractivity contribution >= 4 is 31.6 Å². The molecule has 0 amide bonds. The van der Waals surface area contributed by atoms with Gasteiger partial charge in [-0.25, -0.2) is 13.1 Å². The number of nitrogen functional groups attached to an aromatic ring is 1. The van der Waals surface area contributed by atoms with Crippen LogP contribution >= 0.6 is 15.9 Å². The van der Waals surface area contributed by atoms with Gasteiger partial charge in [0.25, 0.3) is 0 Å². The molecule has 0 aliphatic heterocycles. The third-order valence-electron chi connectivity index (χ3n) is 2.42. The van der Waals surface area contributed by atoms with E-state index in [1.807, 2.05) is 0 Å². The maximum absolute atomic E-state index is 12.2. The summed E-state index contributed by atoms with van der Waals surface area (Å²) >= 11 is 3.07. The molecule has 21 heavy (non-hydrogen) atoms. The Kier molecular flexibility index (Phi) is 5.47. The molecule has 0 aliphatic carbocycles. The molecule has 0 saturated heterocycles. The Labute approximate surface area is 127 Å². The zero-order valence-corrected chi connectivity index (χ0v) is 13.0. The topological polar surface area (TPSA) is 102 Å². The van der Waals surface area contributed by atoms with Crippen LogP contribution in [0.2, 0.25) is 0 Å². The highest BCUT2D eigenvalue weighted by Crippen LogP contribution is 2.32. The number of rotatable bonds is 5. The number of hydrogen-bond donors (Lipinski definition) is 3. The second-order valence-corrected chi connectivity index (χ2v) is 6.52. The first-order chi connectivity index (χ1) is 9.49. The molecular weight excluding hydrogens is 381 g/mol. The van der Waals surface area contributed by atoms with Crippen LogP contribution in [0.5, 0.6) is 5.75 Å². The van der Waals surface area contributed by atoms with Gasteiger partial charge in [-0.2, -0.15) is 13.2 Å². The van der Waals surface area contributed by atoms with Crippen molar-refractivity contribution < 1.29 is 31.4 Å².